The van der Waals surface area contributed by atoms with E-state index in [4.69, 9.17) is 10.5 Å². The van der Waals surface area contributed by atoms with Gasteiger partial charge in [-0.25, -0.2) is 0 Å². The van der Waals surface area contributed by atoms with E-state index in [0.717, 1.165) is 19.7 Å². The zero-order valence-corrected chi connectivity index (χ0v) is 11.9. The number of hydrogen-bond donors (Lipinski definition) is 1. The maximum Gasteiger partial charge on any atom is 0.0823 e. The lowest BCUT2D eigenvalue weighted by Crippen LogP contribution is -2.41. The van der Waals surface area contributed by atoms with Crippen molar-refractivity contribution in [2.24, 2.45) is 5.73 Å². The smallest absolute Gasteiger partial charge is 0.0823 e. The molecule has 0 saturated heterocycles. The molecule has 1 rings (SSSR count). The molecular formula is C13H24N2OS. The summed E-state index contributed by atoms with van der Waals surface area (Å²) in [4.78, 5) is 3.81. The molecule has 0 fully saturated rings. The van der Waals surface area contributed by atoms with E-state index in [1.54, 1.807) is 11.3 Å². The van der Waals surface area contributed by atoms with Crippen LogP contribution < -0.4 is 5.73 Å². The van der Waals surface area contributed by atoms with Crippen LogP contribution in [-0.2, 0) is 11.3 Å². The molecule has 2 N–H and O–H groups in total. The highest BCUT2D eigenvalue weighted by Crippen LogP contribution is 2.14. The van der Waals surface area contributed by atoms with E-state index in [1.165, 1.54) is 4.88 Å². The highest BCUT2D eigenvalue weighted by molar-refractivity contribution is 7.09. The molecule has 0 bridgehead atoms. The van der Waals surface area contributed by atoms with Crippen molar-refractivity contribution in [3.05, 3.63) is 22.4 Å². The molecule has 1 atom stereocenters. The summed E-state index contributed by atoms with van der Waals surface area (Å²) >= 11 is 1.80. The first-order chi connectivity index (χ1) is 8.17. The molecule has 1 aromatic rings. The molecule has 0 aromatic carbocycles. The molecule has 0 aliphatic rings. The molecule has 0 amide bonds. The summed E-state index contributed by atoms with van der Waals surface area (Å²) in [6.07, 6.45) is 0.141. The second-order valence-electron chi connectivity index (χ2n) is 4.42. The Morgan fingerprint density at radius 2 is 2.24 bits per heavy atom. The van der Waals surface area contributed by atoms with Gasteiger partial charge in [0.1, 0.15) is 0 Å². The third kappa shape index (κ3) is 5.17. The highest BCUT2D eigenvalue weighted by Gasteiger charge is 2.16. The SMILES string of the molecule is CCOC(CN)CN(Cc1cccs1)C(C)C. The summed E-state index contributed by atoms with van der Waals surface area (Å²) in [5, 5.41) is 2.12. The van der Waals surface area contributed by atoms with Crippen LogP contribution in [0.25, 0.3) is 0 Å². The van der Waals surface area contributed by atoms with E-state index in [-0.39, 0.29) is 6.10 Å². The molecule has 0 radical (unpaired) electrons. The maximum atomic E-state index is 5.73. The molecule has 3 nitrogen and oxygen atoms in total. The largest absolute Gasteiger partial charge is 0.376 e. The Bertz CT molecular complexity index is 288. The van der Waals surface area contributed by atoms with Crippen molar-refractivity contribution in [3.63, 3.8) is 0 Å². The fraction of sp³-hybridized carbons (Fsp3) is 0.692. The van der Waals surface area contributed by atoms with E-state index in [2.05, 4.69) is 36.3 Å². The number of hydrogen-bond acceptors (Lipinski definition) is 4. The molecule has 1 heterocycles. The molecule has 0 saturated carbocycles. The fourth-order valence-electron chi connectivity index (χ4n) is 1.75. The Balaban J connectivity index is 2.53. The van der Waals surface area contributed by atoms with Gasteiger partial charge in [0.15, 0.2) is 0 Å². The molecule has 1 aromatic heterocycles. The van der Waals surface area contributed by atoms with Gasteiger partial charge in [-0.05, 0) is 32.2 Å². The van der Waals surface area contributed by atoms with Gasteiger partial charge in [-0.1, -0.05) is 6.07 Å². The van der Waals surface area contributed by atoms with Gasteiger partial charge in [0.05, 0.1) is 6.10 Å². The molecule has 17 heavy (non-hydrogen) atoms. The maximum absolute atomic E-state index is 5.73. The van der Waals surface area contributed by atoms with Crippen molar-refractivity contribution >= 4 is 11.3 Å². The minimum Gasteiger partial charge on any atom is -0.376 e. The van der Waals surface area contributed by atoms with Crippen LogP contribution >= 0.6 is 11.3 Å². The van der Waals surface area contributed by atoms with Crippen molar-refractivity contribution in [1.82, 2.24) is 4.90 Å². The van der Waals surface area contributed by atoms with Gasteiger partial charge in [-0.3, -0.25) is 4.90 Å². The van der Waals surface area contributed by atoms with Crippen molar-refractivity contribution in [2.45, 2.75) is 39.5 Å². The van der Waals surface area contributed by atoms with Gasteiger partial charge in [0.25, 0.3) is 0 Å². The van der Waals surface area contributed by atoms with Gasteiger partial charge in [-0.15, -0.1) is 11.3 Å². The predicted molar refractivity (Wildman–Crippen MR) is 74.3 cm³/mol. The quantitative estimate of drug-likeness (QED) is 0.776. The third-order valence-corrected chi connectivity index (χ3v) is 3.63. The van der Waals surface area contributed by atoms with Crippen LogP contribution in [-0.4, -0.2) is 36.7 Å². The minimum atomic E-state index is 0.141. The number of nitrogens with two attached hydrogens (primary N) is 1. The second-order valence-corrected chi connectivity index (χ2v) is 5.45. The normalized spacial score (nSPS) is 13.5. The summed E-state index contributed by atoms with van der Waals surface area (Å²) < 4.78 is 5.63. The topological polar surface area (TPSA) is 38.5 Å². The van der Waals surface area contributed by atoms with Gasteiger partial charge in [-0.2, -0.15) is 0 Å². The second kappa shape index (κ2) is 7.82. The Labute approximate surface area is 109 Å². The lowest BCUT2D eigenvalue weighted by Gasteiger charge is -2.29. The number of ether oxygens (including phenoxy) is 1. The fourth-order valence-corrected chi connectivity index (χ4v) is 2.48. The molecule has 0 aliphatic heterocycles. The Morgan fingerprint density at radius 1 is 1.47 bits per heavy atom. The monoisotopic (exact) mass is 256 g/mol. The van der Waals surface area contributed by atoms with Crippen molar-refractivity contribution in [3.8, 4) is 0 Å². The van der Waals surface area contributed by atoms with Crippen LogP contribution in [0.1, 0.15) is 25.6 Å². The summed E-state index contributed by atoms with van der Waals surface area (Å²) in [5.41, 5.74) is 5.73. The van der Waals surface area contributed by atoms with Crippen molar-refractivity contribution < 1.29 is 4.74 Å². The number of thiophene rings is 1. The number of rotatable bonds is 8. The summed E-state index contributed by atoms with van der Waals surface area (Å²) in [7, 11) is 0. The standard InChI is InChI=1S/C13H24N2OS/c1-4-16-12(8-14)9-15(11(2)3)10-13-6-5-7-17-13/h5-7,11-12H,4,8-10,14H2,1-3H3. The first-order valence-corrected chi connectivity index (χ1v) is 7.13. The van der Waals surface area contributed by atoms with Crippen LogP contribution in [0.3, 0.4) is 0 Å². The first kappa shape index (κ1) is 14.6. The van der Waals surface area contributed by atoms with Gasteiger partial charge < -0.3 is 10.5 Å². The Morgan fingerprint density at radius 3 is 2.71 bits per heavy atom. The molecule has 0 spiro atoms. The van der Waals surface area contributed by atoms with Crippen molar-refractivity contribution in [1.29, 1.82) is 0 Å². The molecule has 98 valence electrons. The average molecular weight is 256 g/mol. The summed E-state index contributed by atoms with van der Waals surface area (Å²) in [6, 6.07) is 4.78. The third-order valence-electron chi connectivity index (χ3n) is 2.77. The van der Waals surface area contributed by atoms with Gasteiger partial charge in [0, 0.05) is 37.2 Å². The van der Waals surface area contributed by atoms with Crippen molar-refractivity contribution in [2.75, 3.05) is 19.7 Å². The van der Waals surface area contributed by atoms with E-state index in [1.807, 2.05) is 6.92 Å². The Hall–Kier alpha value is -0.420. The van der Waals surface area contributed by atoms with E-state index < -0.39 is 0 Å². The summed E-state index contributed by atoms with van der Waals surface area (Å²) in [5.74, 6) is 0. The first-order valence-electron chi connectivity index (χ1n) is 6.25. The minimum absolute atomic E-state index is 0.141. The van der Waals surface area contributed by atoms with Crippen LogP contribution in [0.15, 0.2) is 17.5 Å². The molecular weight excluding hydrogens is 232 g/mol. The molecule has 4 heteroatoms. The van der Waals surface area contributed by atoms with Crippen LogP contribution in [0.4, 0.5) is 0 Å². The molecule has 1 unspecified atom stereocenters. The zero-order chi connectivity index (χ0) is 12.7. The molecule has 0 aliphatic carbocycles. The van der Waals surface area contributed by atoms with E-state index >= 15 is 0 Å². The highest BCUT2D eigenvalue weighted by atomic mass is 32.1. The average Bonchev–Trinajstić information content (AvgIpc) is 2.79. The predicted octanol–water partition coefficient (Wildman–Crippen LogP) is 2.32. The van der Waals surface area contributed by atoms with Crippen LogP contribution in [0, 0.1) is 0 Å². The summed E-state index contributed by atoms with van der Waals surface area (Å²) in [6.45, 7) is 9.65. The van der Waals surface area contributed by atoms with Gasteiger partial charge >= 0.3 is 0 Å². The zero-order valence-electron chi connectivity index (χ0n) is 11.1. The lowest BCUT2D eigenvalue weighted by atomic mass is 10.2. The van der Waals surface area contributed by atoms with E-state index in [9.17, 15) is 0 Å². The number of nitrogens with zero attached hydrogens (tertiary/aromatic N) is 1. The Kier molecular flexibility index (Phi) is 6.73. The lowest BCUT2D eigenvalue weighted by molar-refractivity contribution is 0.0290. The van der Waals surface area contributed by atoms with Gasteiger partial charge in [0.2, 0.25) is 0 Å². The van der Waals surface area contributed by atoms with Crippen LogP contribution in [0.5, 0.6) is 0 Å². The van der Waals surface area contributed by atoms with Crippen LogP contribution in [0.2, 0.25) is 0 Å². The van der Waals surface area contributed by atoms with E-state index in [0.29, 0.717) is 12.6 Å².